The summed E-state index contributed by atoms with van der Waals surface area (Å²) in [6.45, 7) is 3.88. The number of halogens is 1. The molecule has 0 spiro atoms. The van der Waals surface area contributed by atoms with Crippen LogP contribution in [0.2, 0.25) is 0 Å². The van der Waals surface area contributed by atoms with Crippen LogP contribution in [0.1, 0.15) is 26.7 Å². The Labute approximate surface area is 116 Å². The molecule has 0 aliphatic heterocycles. The predicted molar refractivity (Wildman–Crippen MR) is 76.2 cm³/mol. The minimum atomic E-state index is -3.62. The first-order valence-electron chi connectivity index (χ1n) is 5.49. The van der Waals surface area contributed by atoms with Crippen LogP contribution in [0.3, 0.4) is 0 Å². The van der Waals surface area contributed by atoms with Crippen molar-refractivity contribution >= 4 is 32.3 Å². The van der Waals surface area contributed by atoms with E-state index < -0.39 is 31.2 Å². The van der Waals surface area contributed by atoms with E-state index in [9.17, 15) is 16.8 Å². The zero-order valence-electron chi connectivity index (χ0n) is 11.0. The lowest BCUT2D eigenvalue weighted by atomic mass is 9.95. The van der Waals surface area contributed by atoms with Crippen molar-refractivity contribution in [1.29, 1.82) is 0 Å². The quantitative estimate of drug-likeness (QED) is 0.648. The van der Waals surface area contributed by atoms with Crippen LogP contribution in [-0.4, -0.2) is 46.7 Å². The summed E-state index contributed by atoms with van der Waals surface area (Å²) < 4.78 is 47.9. The standard InChI is InChI=1S/C9H22N2O4S2.ClH/c1-4-9(5-2,8-10)11-17(14,15)7-6-16(3,12)13;/h11H,4-8,10H2,1-3H3;1H. The molecule has 0 heterocycles. The Morgan fingerprint density at radius 1 is 1.06 bits per heavy atom. The molecule has 0 saturated carbocycles. The fourth-order valence-corrected chi connectivity index (χ4v) is 4.59. The van der Waals surface area contributed by atoms with Crippen molar-refractivity contribution in [1.82, 2.24) is 4.72 Å². The van der Waals surface area contributed by atoms with E-state index in [-0.39, 0.29) is 24.7 Å². The molecule has 0 aromatic heterocycles. The number of sulfone groups is 1. The SMILES string of the molecule is CCC(CC)(CN)NS(=O)(=O)CCS(C)(=O)=O.Cl. The second kappa shape index (κ2) is 7.64. The van der Waals surface area contributed by atoms with Crippen molar-refractivity contribution in [3.05, 3.63) is 0 Å². The Kier molecular flexibility index (Phi) is 8.67. The van der Waals surface area contributed by atoms with Gasteiger partial charge in [0.1, 0.15) is 9.84 Å². The highest BCUT2D eigenvalue weighted by Gasteiger charge is 2.30. The molecule has 0 aliphatic carbocycles. The molecular weight excluding hydrogens is 300 g/mol. The van der Waals surface area contributed by atoms with Gasteiger partial charge in [0, 0.05) is 18.3 Å². The van der Waals surface area contributed by atoms with Gasteiger partial charge in [0.15, 0.2) is 0 Å². The highest BCUT2D eigenvalue weighted by atomic mass is 35.5. The summed E-state index contributed by atoms with van der Waals surface area (Å²) in [4.78, 5) is 0. The Morgan fingerprint density at radius 2 is 1.50 bits per heavy atom. The fourth-order valence-electron chi connectivity index (χ4n) is 1.37. The zero-order chi connectivity index (χ0) is 13.7. The van der Waals surface area contributed by atoms with Gasteiger partial charge in [0.25, 0.3) is 0 Å². The highest BCUT2D eigenvalue weighted by Crippen LogP contribution is 2.14. The van der Waals surface area contributed by atoms with Gasteiger partial charge in [-0.15, -0.1) is 12.4 Å². The van der Waals surface area contributed by atoms with Crippen LogP contribution in [0.25, 0.3) is 0 Å². The van der Waals surface area contributed by atoms with Crippen LogP contribution < -0.4 is 10.5 Å². The van der Waals surface area contributed by atoms with Crippen molar-refractivity contribution in [3.8, 4) is 0 Å². The van der Waals surface area contributed by atoms with E-state index in [1.165, 1.54) is 0 Å². The minimum absolute atomic E-state index is 0. The van der Waals surface area contributed by atoms with Crippen LogP contribution in [0.4, 0.5) is 0 Å². The van der Waals surface area contributed by atoms with Crippen molar-refractivity contribution in [3.63, 3.8) is 0 Å². The molecule has 0 aromatic carbocycles. The summed E-state index contributed by atoms with van der Waals surface area (Å²) in [6.07, 6.45) is 2.15. The smallest absolute Gasteiger partial charge is 0.213 e. The highest BCUT2D eigenvalue weighted by molar-refractivity contribution is 7.93. The molecule has 112 valence electrons. The molecule has 0 rings (SSSR count). The Hall–Kier alpha value is 0.110. The molecule has 0 bridgehead atoms. The van der Waals surface area contributed by atoms with Crippen molar-refractivity contribution < 1.29 is 16.8 Å². The Morgan fingerprint density at radius 3 is 1.78 bits per heavy atom. The topological polar surface area (TPSA) is 106 Å². The monoisotopic (exact) mass is 322 g/mol. The Bertz CT molecular complexity index is 421. The van der Waals surface area contributed by atoms with E-state index >= 15 is 0 Å². The van der Waals surface area contributed by atoms with Crippen molar-refractivity contribution in [2.75, 3.05) is 24.3 Å². The third kappa shape index (κ3) is 7.52. The number of hydrogen-bond donors (Lipinski definition) is 2. The summed E-state index contributed by atoms with van der Waals surface area (Å²) in [6, 6.07) is 0. The van der Waals surface area contributed by atoms with Crippen LogP contribution >= 0.6 is 12.4 Å². The van der Waals surface area contributed by atoms with Gasteiger partial charge in [-0.25, -0.2) is 21.6 Å². The lowest BCUT2D eigenvalue weighted by molar-refractivity contribution is 0.363. The van der Waals surface area contributed by atoms with Gasteiger partial charge in [-0.1, -0.05) is 13.8 Å². The Balaban J connectivity index is 0. The molecular formula is C9H23ClN2O4S2. The second-order valence-corrected chi connectivity index (χ2v) is 8.34. The summed E-state index contributed by atoms with van der Waals surface area (Å²) in [5.74, 6) is -0.802. The first-order valence-corrected chi connectivity index (χ1v) is 9.20. The van der Waals surface area contributed by atoms with Gasteiger partial charge in [-0.05, 0) is 12.8 Å². The van der Waals surface area contributed by atoms with Gasteiger partial charge >= 0.3 is 0 Å². The van der Waals surface area contributed by atoms with Crippen LogP contribution in [0, 0.1) is 0 Å². The maximum atomic E-state index is 11.7. The second-order valence-electron chi connectivity index (χ2n) is 4.24. The molecule has 0 unspecified atom stereocenters. The molecule has 3 N–H and O–H groups in total. The molecule has 6 nitrogen and oxygen atoms in total. The normalized spacial score (nSPS) is 13.1. The number of sulfonamides is 1. The number of hydrogen-bond acceptors (Lipinski definition) is 5. The third-order valence-electron chi connectivity index (χ3n) is 2.84. The molecule has 0 aromatic rings. The number of nitrogens with one attached hydrogen (secondary N) is 1. The van der Waals surface area contributed by atoms with E-state index in [0.717, 1.165) is 6.26 Å². The van der Waals surface area contributed by atoms with Gasteiger partial charge in [0.05, 0.1) is 11.5 Å². The van der Waals surface area contributed by atoms with E-state index in [1.807, 2.05) is 13.8 Å². The van der Waals surface area contributed by atoms with E-state index in [1.54, 1.807) is 0 Å². The summed E-state index contributed by atoms with van der Waals surface area (Å²) in [5.41, 5.74) is 4.90. The molecule has 0 atom stereocenters. The molecule has 0 saturated heterocycles. The first kappa shape index (κ1) is 20.4. The predicted octanol–water partition coefficient (Wildman–Crippen LogP) is -0.110. The van der Waals surface area contributed by atoms with E-state index in [2.05, 4.69) is 4.72 Å². The van der Waals surface area contributed by atoms with Gasteiger partial charge in [-0.3, -0.25) is 0 Å². The maximum Gasteiger partial charge on any atom is 0.213 e. The van der Waals surface area contributed by atoms with Crippen molar-refractivity contribution in [2.24, 2.45) is 5.73 Å². The van der Waals surface area contributed by atoms with E-state index in [4.69, 9.17) is 5.73 Å². The summed E-state index contributed by atoms with van der Waals surface area (Å²) >= 11 is 0. The number of rotatable bonds is 8. The minimum Gasteiger partial charge on any atom is -0.329 e. The average molecular weight is 323 g/mol. The third-order valence-corrected chi connectivity index (χ3v) is 5.53. The van der Waals surface area contributed by atoms with Gasteiger partial charge < -0.3 is 5.73 Å². The van der Waals surface area contributed by atoms with Crippen molar-refractivity contribution in [2.45, 2.75) is 32.2 Å². The van der Waals surface area contributed by atoms with Gasteiger partial charge in [0.2, 0.25) is 10.0 Å². The van der Waals surface area contributed by atoms with Crippen LogP contribution in [0.15, 0.2) is 0 Å². The molecule has 18 heavy (non-hydrogen) atoms. The van der Waals surface area contributed by atoms with Crippen LogP contribution in [0.5, 0.6) is 0 Å². The molecule has 9 heteroatoms. The first-order chi connectivity index (χ1) is 7.60. The average Bonchev–Trinajstić information content (AvgIpc) is 2.23. The van der Waals surface area contributed by atoms with Crippen LogP contribution in [-0.2, 0) is 19.9 Å². The largest absolute Gasteiger partial charge is 0.329 e. The fraction of sp³-hybridized carbons (Fsp3) is 1.00. The molecule has 0 amide bonds. The van der Waals surface area contributed by atoms with E-state index in [0.29, 0.717) is 12.8 Å². The maximum absolute atomic E-state index is 11.7. The molecule has 0 fully saturated rings. The molecule has 0 aliphatic rings. The number of nitrogens with two attached hydrogens (primary N) is 1. The lowest BCUT2D eigenvalue weighted by Crippen LogP contribution is -2.53. The summed E-state index contributed by atoms with van der Waals surface area (Å²) in [5, 5.41) is 0. The lowest BCUT2D eigenvalue weighted by Gasteiger charge is -2.30. The molecule has 0 radical (unpaired) electrons. The van der Waals surface area contributed by atoms with Gasteiger partial charge in [-0.2, -0.15) is 0 Å². The summed E-state index contributed by atoms with van der Waals surface area (Å²) in [7, 11) is -6.90. The zero-order valence-corrected chi connectivity index (χ0v) is 13.4.